The minimum absolute atomic E-state index is 0.0995. The van der Waals surface area contributed by atoms with E-state index in [1.54, 1.807) is 12.1 Å². The van der Waals surface area contributed by atoms with Crippen molar-refractivity contribution in [2.45, 2.75) is 51.1 Å². The van der Waals surface area contributed by atoms with Gasteiger partial charge in [0.1, 0.15) is 5.82 Å². The van der Waals surface area contributed by atoms with Crippen molar-refractivity contribution in [1.29, 1.82) is 0 Å². The van der Waals surface area contributed by atoms with E-state index in [1.807, 2.05) is 19.2 Å². The largest absolute Gasteiger partial charge is 0.313 e. The molecule has 1 fully saturated rings. The van der Waals surface area contributed by atoms with E-state index in [0.29, 0.717) is 0 Å². The number of benzene rings is 1. The summed E-state index contributed by atoms with van der Waals surface area (Å²) >= 11 is 0. The van der Waals surface area contributed by atoms with Crippen molar-refractivity contribution in [3.05, 3.63) is 35.6 Å². The normalized spacial score (nSPS) is 21.9. The van der Waals surface area contributed by atoms with E-state index in [1.165, 1.54) is 32.2 Å². The maximum Gasteiger partial charge on any atom is 0.127 e. The Kier molecular flexibility index (Phi) is 5.99. The van der Waals surface area contributed by atoms with Gasteiger partial charge < -0.3 is 10.2 Å². The first-order chi connectivity index (χ1) is 9.76. The van der Waals surface area contributed by atoms with Crippen LogP contribution in [0.5, 0.6) is 0 Å². The summed E-state index contributed by atoms with van der Waals surface area (Å²) in [7, 11) is 1.92. The van der Waals surface area contributed by atoms with Crippen molar-refractivity contribution in [2.24, 2.45) is 0 Å². The van der Waals surface area contributed by atoms with Gasteiger partial charge in [-0.25, -0.2) is 4.39 Å². The lowest BCUT2D eigenvalue weighted by atomic mass is 9.98. The third-order valence-electron chi connectivity index (χ3n) is 4.55. The maximum absolute atomic E-state index is 13.9. The van der Waals surface area contributed by atoms with Crippen LogP contribution in [0.4, 0.5) is 4.39 Å². The predicted octanol–water partition coefficient (Wildman–Crippen LogP) is 3.74. The molecule has 2 atom stereocenters. The van der Waals surface area contributed by atoms with Gasteiger partial charge in [-0.05, 0) is 45.3 Å². The Morgan fingerprint density at radius 3 is 2.85 bits per heavy atom. The van der Waals surface area contributed by atoms with Crippen molar-refractivity contribution >= 4 is 0 Å². The number of hydrogen-bond acceptors (Lipinski definition) is 2. The highest BCUT2D eigenvalue weighted by atomic mass is 19.1. The van der Waals surface area contributed by atoms with Gasteiger partial charge in [-0.2, -0.15) is 0 Å². The highest BCUT2D eigenvalue weighted by Crippen LogP contribution is 2.24. The first-order valence-corrected chi connectivity index (χ1v) is 7.92. The topological polar surface area (TPSA) is 15.3 Å². The predicted molar refractivity (Wildman–Crippen MR) is 82.3 cm³/mol. The molecule has 20 heavy (non-hydrogen) atoms. The SMILES string of the molecule is CCC1CCCCN1CCC(NC)c1ccccc1F. The van der Waals surface area contributed by atoms with Gasteiger partial charge >= 0.3 is 0 Å². The molecule has 0 radical (unpaired) electrons. The molecule has 0 saturated carbocycles. The standard InChI is InChI=1S/C17H27FN2/c1-3-14-8-6-7-12-20(14)13-11-17(19-2)15-9-4-5-10-16(15)18/h4-5,9-10,14,17,19H,3,6-8,11-13H2,1-2H3. The van der Waals surface area contributed by atoms with Crippen LogP contribution in [0.2, 0.25) is 0 Å². The quantitative estimate of drug-likeness (QED) is 0.852. The molecule has 0 spiro atoms. The highest BCUT2D eigenvalue weighted by molar-refractivity contribution is 5.21. The molecule has 1 aromatic carbocycles. The third-order valence-corrected chi connectivity index (χ3v) is 4.55. The van der Waals surface area contributed by atoms with Crippen LogP contribution in [0.15, 0.2) is 24.3 Å². The van der Waals surface area contributed by atoms with Crippen LogP contribution in [0.3, 0.4) is 0 Å². The zero-order chi connectivity index (χ0) is 14.4. The van der Waals surface area contributed by atoms with E-state index in [4.69, 9.17) is 0 Å². The minimum atomic E-state index is -0.0995. The van der Waals surface area contributed by atoms with Crippen molar-refractivity contribution < 1.29 is 4.39 Å². The highest BCUT2D eigenvalue weighted by Gasteiger charge is 2.22. The van der Waals surface area contributed by atoms with Gasteiger partial charge in [0.15, 0.2) is 0 Å². The zero-order valence-corrected chi connectivity index (χ0v) is 12.7. The molecular formula is C17H27FN2. The second-order valence-corrected chi connectivity index (χ2v) is 5.75. The molecule has 112 valence electrons. The molecule has 2 rings (SSSR count). The Morgan fingerprint density at radius 1 is 1.35 bits per heavy atom. The smallest absolute Gasteiger partial charge is 0.127 e. The fraction of sp³-hybridized carbons (Fsp3) is 0.647. The molecule has 2 unspecified atom stereocenters. The molecule has 0 bridgehead atoms. The molecule has 3 heteroatoms. The zero-order valence-electron chi connectivity index (χ0n) is 12.7. The van der Waals surface area contributed by atoms with Crippen LogP contribution in [0.25, 0.3) is 0 Å². The monoisotopic (exact) mass is 278 g/mol. The lowest BCUT2D eigenvalue weighted by molar-refractivity contribution is 0.137. The third kappa shape index (κ3) is 3.80. The Balaban J connectivity index is 1.95. The van der Waals surface area contributed by atoms with E-state index < -0.39 is 0 Å². The fourth-order valence-corrected chi connectivity index (χ4v) is 3.32. The number of hydrogen-bond donors (Lipinski definition) is 1. The second kappa shape index (κ2) is 7.75. The van der Waals surface area contributed by atoms with Gasteiger partial charge in [0.2, 0.25) is 0 Å². The molecule has 0 amide bonds. The Labute approximate surface area is 122 Å². The van der Waals surface area contributed by atoms with Crippen LogP contribution in [-0.4, -0.2) is 31.1 Å². The molecule has 1 aliphatic rings. The van der Waals surface area contributed by atoms with Crippen molar-refractivity contribution in [3.63, 3.8) is 0 Å². The number of halogens is 1. The minimum Gasteiger partial charge on any atom is -0.313 e. The van der Waals surface area contributed by atoms with Gasteiger partial charge in [-0.1, -0.05) is 31.5 Å². The Morgan fingerprint density at radius 2 is 2.15 bits per heavy atom. The summed E-state index contributed by atoms with van der Waals surface area (Å²) in [6, 6.07) is 7.94. The maximum atomic E-state index is 13.9. The van der Waals surface area contributed by atoms with Crippen LogP contribution in [-0.2, 0) is 0 Å². The summed E-state index contributed by atoms with van der Waals surface area (Å²) in [5.74, 6) is -0.0995. The van der Waals surface area contributed by atoms with Crippen LogP contribution in [0, 0.1) is 5.82 Å². The molecule has 1 aromatic rings. The Bertz CT molecular complexity index is 408. The van der Waals surface area contributed by atoms with Crippen LogP contribution in [0.1, 0.15) is 50.6 Å². The second-order valence-electron chi connectivity index (χ2n) is 5.75. The molecular weight excluding hydrogens is 251 g/mol. The first kappa shape index (κ1) is 15.5. The summed E-state index contributed by atoms with van der Waals surface area (Å²) in [6.07, 6.45) is 6.18. The van der Waals surface area contributed by atoms with Crippen molar-refractivity contribution in [3.8, 4) is 0 Å². The van der Waals surface area contributed by atoms with Crippen LogP contribution < -0.4 is 5.32 Å². The average molecular weight is 278 g/mol. The summed E-state index contributed by atoms with van der Waals surface area (Å²) in [5.41, 5.74) is 0.792. The van der Waals surface area contributed by atoms with Crippen molar-refractivity contribution in [2.75, 3.05) is 20.1 Å². The van der Waals surface area contributed by atoms with Gasteiger partial charge in [-0.15, -0.1) is 0 Å². The fourth-order valence-electron chi connectivity index (χ4n) is 3.32. The van der Waals surface area contributed by atoms with Gasteiger partial charge in [0.25, 0.3) is 0 Å². The van der Waals surface area contributed by atoms with E-state index in [2.05, 4.69) is 17.1 Å². The van der Waals surface area contributed by atoms with Gasteiger partial charge in [0, 0.05) is 24.2 Å². The number of rotatable bonds is 6. The summed E-state index contributed by atoms with van der Waals surface area (Å²) in [6.45, 7) is 4.53. The molecule has 1 aliphatic heterocycles. The van der Waals surface area contributed by atoms with E-state index in [-0.39, 0.29) is 11.9 Å². The van der Waals surface area contributed by atoms with E-state index in [9.17, 15) is 4.39 Å². The molecule has 1 heterocycles. The number of piperidine rings is 1. The van der Waals surface area contributed by atoms with Crippen molar-refractivity contribution in [1.82, 2.24) is 10.2 Å². The lowest BCUT2D eigenvalue weighted by Crippen LogP contribution is -2.40. The first-order valence-electron chi connectivity index (χ1n) is 7.92. The number of nitrogens with one attached hydrogen (secondary N) is 1. The molecule has 1 N–H and O–H groups in total. The van der Waals surface area contributed by atoms with Crippen LogP contribution >= 0.6 is 0 Å². The van der Waals surface area contributed by atoms with Gasteiger partial charge in [-0.3, -0.25) is 0 Å². The number of likely N-dealkylation sites (tertiary alicyclic amines) is 1. The average Bonchev–Trinajstić information content (AvgIpc) is 2.50. The molecule has 0 aliphatic carbocycles. The van der Waals surface area contributed by atoms with E-state index >= 15 is 0 Å². The summed E-state index contributed by atoms with van der Waals surface area (Å²) < 4.78 is 13.9. The van der Waals surface area contributed by atoms with E-state index in [0.717, 1.165) is 24.6 Å². The summed E-state index contributed by atoms with van der Waals surface area (Å²) in [4.78, 5) is 2.59. The molecule has 2 nitrogen and oxygen atoms in total. The number of nitrogens with zero attached hydrogens (tertiary/aromatic N) is 1. The lowest BCUT2D eigenvalue weighted by Gasteiger charge is -2.36. The van der Waals surface area contributed by atoms with Gasteiger partial charge in [0.05, 0.1) is 0 Å². The molecule has 1 saturated heterocycles. The Hall–Kier alpha value is -0.930. The summed E-state index contributed by atoms with van der Waals surface area (Å²) in [5, 5.41) is 3.26. The molecule has 0 aromatic heterocycles.